The topological polar surface area (TPSA) is 56.1 Å². The largest absolute Gasteiger partial charge is 0.469 e. The number of hydrogen-bond donors (Lipinski definition) is 1. The number of rotatable bonds is 7. The van der Waals surface area contributed by atoms with Gasteiger partial charge in [0.2, 0.25) is 0 Å². The molecule has 0 aliphatic rings. The number of carbonyl (C=O) groups excluding carboxylic acids is 1. The Morgan fingerprint density at radius 3 is 2.80 bits per heavy atom. The molecule has 2 rings (SSSR count). The third-order valence-corrected chi connectivity index (χ3v) is 3.03. The molecule has 1 N–H and O–H groups in total. The maximum Gasteiger partial charge on any atom is 0.305 e. The number of esters is 1. The summed E-state index contributed by atoms with van der Waals surface area (Å²) in [6, 6.07) is 8.30. The summed E-state index contributed by atoms with van der Waals surface area (Å²) < 4.78 is 6.56. The molecule has 1 heterocycles. The molecule has 0 saturated carbocycles. The highest BCUT2D eigenvalue weighted by atomic mass is 16.5. The molecule has 0 aliphatic carbocycles. The number of benzene rings is 1. The Morgan fingerprint density at radius 2 is 2.15 bits per heavy atom. The molecule has 20 heavy (non-hydrogen) atoms. The monoisotopic (exact) mass is 273 g/mol. The van der Waals surface area contributed by atoms with Gasteiger partial charge in [-0.05, 0) is 30.7 Å². The zero-order valence-electron chi connectivity index (χ0n) is 11.6. The van der Waals surface area contributed by atoms with E-state index in [1.807, 2.05) is 10.8 Å². The molecule has 5 heteroatoms. The fourth-order valence-corrected chi connectivity index (χ4v) is 1.89. The van der Waals surface area contributed by atoms with Crippen LogP contribution in [0.2, 0.25) is 0 Å². The van der Waals surface area contributed by atoms with Crippen molar-refractivity contribution in [1.29, 1.82) is 0 Å². The van der Waals surface area contributed by atoms with Crippen molar-refractivity contribution in [2.75, 3.05) is 13.7 Å². The smallest absolute Gasteiger partial charge is 0.305 e. The number of nitrogens with one attached hydrogen (secondary N) is 1. The fourth-order valence-electron chi connectivity index (χ4n) is 1.89. The average Bonchev–Trinajstić information content (AvgIpc) is 3.01. The average molecular weight is 273 g/mol. The maximum absolute atomic E-state index is 10.9. The van der Waals surface area contributed by atoms with Gasteiger partial charge in [-0.2, -0.15) is 0 Å². The number of aromatic nitrogens is 2. The lowest BCUT2D eigenvalue weighted by molar-refractivity contribution is -0.140. The van der Waals surface area contributed by atoms with Crippen molar-refractivity contribution >= 4 is 5.97 Å². The second-order valence-electron chi connectivity index (χ2n) is 4.49. The first-order chi connectivity index (χ1) is 9.79. The van der Waals surface area contributed by atoms with Gasteiger partial charge in [0.15, 0.2) is 0 Å². The van der Waals surface area contributed by atoms with Crippen LogP contribution < -0.4 is 5.32 Å². The first-order valence-corrected chi connectivity index (χ1v) is 6.64. The molecule has 0 unspecified atom stereocenters. The first kappa shape index (κ1) is 14.3. The second kappa shape index (κ2) is 7.45. The summed E-state index contributed by atoms with van der Waals surface area (Å²) >= 11 is 0. The Kier molecular flexibility index (Phi) is 5.32. The van der Waals surface area contributed by atoms with Crippen molar-refractivity contribution in [2.45, 2.75) is 19.4 Å². The highest BCUT2D eigenvalue weighted by molar-refractivity contribution is 5.69. The van der Waals surface area contributed by atoms with E-state index < -0.39 is 0 Å². The molecule has 1 aromatic heterocycles. The van der Waals surface area contributed by atoms with Gasteiger partial charge in [-0.15, -0.1) is 0 Å². The molecule has 0 amide bonds. The van der Waals surface area contributed by atoms with Gasteiger partial charge in [0.05, 0.1) is 13.4 Å². The van der Waals surface area contributed by atoms with E-state index in [2.05, 4.69) is 39.3 Å². The van der Waals surface area contributed by atoms with Crippen LogP contribution in [0.5, 0.6) is 0 Å². The van der Waals surface area contributed by atoms with Gasteiger partial charge in [0, 0.05) is 31.0 Å². The summed E-state index contributed by atoms with van der Waals surface area (Å²) in [5, 5.41) is 3.31. The van der Waals surface area contributed by atoms with E-state index in [0.29, 0.717) is 6.42 Å². The summed E-state index contributed by atoms with van der Waals surface area (Å²) in [6.45, 7) is 1.60. The number of nitrogens with zero attached hydrogens (tertiary/aromatic N) is 2. The molecule has 106 valence electrons. The zero-order valence-corrected chi connectivity index (χ0v) is 11.6. The summed E-state index contributed by atoms with van der Waals surface area (Å²) in [6.07, 6.45) is 6.71. The Labute approximate surface area is 118 Å². The third-order valence-electron chi connectivity index (χ3n) is 3.03. The molecule has 0 spiro atoms. The van der Waals surface area contributed by atoms with Crippen molar-refractivity contribution < 1.29 is 9.53 Å². The molecule has 0 atom stereocenters. The summed E-state index contributed by atoms with van der Waals surface area (Å²) in [4.78, 5) is 15.0. The predicted molar refractivity (Wildman–Crippen MR) is 76.5 cm³/mol. The quantitative estimate of drug-likeness (QED) is 0.618. The van der Waals surface area contributed by atoms with Crippen molar-refractivity contribution in [1.82, 2.24) is 14.9 Å². The lowest BCUT2D eigenvalue weighted by Crippen LogP contribution is -2.16. The molecule has 0 aliphatic heterocycles. The Bertz CT molecular complexity index is 521. The van der Waals surface area contributed by atoms with Crippen LogP contribution in [0.25, 0.3) is 5.69 Å². The van der Waals surface area contributed by atoms with Crippen LogP contribution in [-0.2, 0) is 16.1 Å². The van der Waals surface area contributed by atoms with Crippen LogP contribution in [0.4, 0.5) is 0 Å². The summed E-state index contributed by atoms with van der Waals surface area (Å²) in [5.74, 6) is -0.156. The molecule has 0 fully saturated rings. The van der Waals surface area contributed by atoms with Crippen LogP contribution in [0, 0.1) is 0 Å². The molecular formula is C15H19N3O2. The van der Waals surface area contributed by atoms with Crippen LogP contribution in [-0.4, -0.2) is 29.2 Å². The molecule has 5 nitrogen and oxygen atoms in total. The van der Waals surface area contributed by atoms with E-state index >= 15 is 0 Å². The number of hydrogen-bond acceptors (Lipinski definition) is 4. The minimum absolute atomic E-state index is 0.156. The van der Waals surface area contributed by atoms with Gasteiger partial charge >= 0.3 is 5.97 Å². The van der Waals surface area contributed by atoms with Crippen molar-refractivity contribution in [3.8, 4) is 5.69 Å². The number of ether oxygens (including phenoxy) is 1. The third kappa shape index (κ3) is 4.20. The number of carbonyl (C=O) groups is 1. The van der Waals surface area contributed by atoms with E-state index in [9.17, 15) is 4.79 Å². The lowest BCUT2D eigenvalue weighted by atomic mass is 10.2. The molecule has 1 aromatic carbocycles. The molecule has 2 aromatic rings. The van der Waals surface area contributed by atoms with Gasteiger partial charge < -0.3 is 14.6 Å². The molecule has 0 saturated heterocycles. The van der Waals surface area contributed by atoms with Crippen LogP contribution in [0.15, 0.2) is 43.0 Å². The summed E-state index contributed by atoms with van der Waals surface area (Å²) in [7, 11) is 1.41. The van der Waals surface area contributed by atoms with Gasteiger partial charge in [-0.3, -0.25) is 4.79 Å². The minimum atomic E-state index is -0.156. The SMILES string of the molecule is COC(=O)CCCNCc1ccc(-n2ccnc2)cc1. The number of imidazole rings is 1. The van der Waals surface area contributed by atoms with E-state index in [-0.39, 0.29) is 5.97 Å². The van der Waals surface area contributed by atoms with Crippen molar-refractivity contribution in [2.24, 2.45) is 0 Å². The highest BCUT2D eigenvalue weighted by Gasteiger charge is 1.99. The molecular weight excluding hydrogens is 254 g/mol. The summed E-state index contributed by atoms with van der Waals surface area (Å²) in [5.41, 5.74) is 2.31. The lowest BCUT2D eigenvalue weighted by Gasteiger charge is -2.06. The number of methoxy groups -OCH3 is 1. The fraction of sp³-hybridized carbons (Fsp3) is 0.333. The van der Waals surface area contributed by atoms with Gasteiger partial charge in [-0.1, -0.05) is 12.1 Å². The molecule has 0 bridgehead atoms. The van der Waals surface area contributed by atoms with Gasteiger partial charge in [0.1, 0.15) is 0 Å². The maximum atomic E-state index is 10.9. The minimum Gasteiger partial charge on any atom is -0.469 e. The van der Waals surface area contributed by atoms with Crippen molar-refractivity contribution in [3.05, 3.63) is 48.5 Å². The normalized spacial score (nSPS) is 10.4. The Balaban J connectivity index is 1.73. The van der Waals surface area contributed by atoms with E-state index in [1.54, 1.807) is 12.5 Å². The second-order valence-corrected chi connectivity index (χ2v) is 4.49. The Hall–Kier alpha value is -2.14. The van der Waals surface area contributed by atoms with E-state index in [1.165, 1.54) is 12.7 Å². The van der Waals surface area contributed by atoms with Gasteiger partial charge in [-0.25, -0.2) is 4.98 Å². The predicted octanol–water partition coefficient (Wildman–Crippen LogP) is 1.92. The van der Waals surface area contributed by atoms with E-state index in [4.69, 9.17) is 0 Å². The van der Waals surface area contributed by atoms with Crippen LogP contribution >= 0.6 is 0 Å². The standard InChI is InChI=1S/C15H19N3O2/c1-20-15(19)3-2-8-16-11-13-4-6-14(7-5-13)18-10-9-17-12-18/h4-7,9-10,12,16H,2-3,8,11H2,1H3. The van der Waals surface area contributed by atoms with Crippen LogP contribution in [0.3, 0.4) is 0 Å². The van der Waals surface area contributed by atoms with Crippen LogP contribution in [0.1, 0.15) is 18.4 Å². The van der Waals surface area contributed by atoms with Gasteiger partial charge in [0.25, 0.3) is 0 Å². The molecule has 0 radical (unpaired) electrons. The Morgan fingerprint density at radius 1 is 1.35 bits per heavy atom. The van der Waals surface area contributed by atoms with E-state index in [0.717, 1.165) is 25.2 Å². The first-order valence-electron chi connectivity index (χ1n) is 6.64. The highest BCUT2D eigenvalue weighted by Crippen LogP contribution is 2.09. The zero-order chi connectivity index (χ0) is 14.2. The van der Waals surface area contributed by atoms with Crippen molar-refractivity contribution in [3.63, 3.8) is 0 Å².